The molecule has 2 rings (SSSR count). The number of hydrogen-bond acceptors (Lipinski definition) is 3. The topological polar surface area (TPSA) is 23.5 Å². The van der Waals surface area contributed by atoms with Gasteiger partial charge in [0.1, 0.15) is 5.75 Å². The number of nitrogens with zero attached hydrogens (tertiary/aromatic N) is 1. The Balaban J connectivity index is 1.73. The Kier molecular flexibility index (Phi) is 4.13. The average molecular weight is 237 g/mol. The number of phenolic OH excluding ortho intramolecular Hbond substituents is 1. The summed E-state index contributed by atoms with van der Waals surface area (Å²) in [5.74, 6) is 1.51. The van der Waals surface area contributed by atoms with Gasteiger partial charge in [-0.2, -0.15) is 0 Å². The number of phenols is 1. The van der Waals surface area contributed by atoms with Crippen molar-refractivity contribution in [1.29, 1.82) is 0 Å². The molecule has 0 bridgehead atoms. The first-order valence-electron chi connectivity index (χ1n) is 5.88. The first-order valence-corrected chi connectivity index (χ1v) is 6.86. The summed E-state index contributed by atoms with van der Waals surface area (Å²) < 4.78 is 0. The summed E-state index contributed by atoms with van der Waals surface area (Å²) in [6.45, 7) is 1.26. The van der Waals surface area contributed by atoms with Crippen molar-refractivity contribution >= 4 is 11.8 Å². The zero-order valence-corrected chi connectivity index (χ0v) is 10.5. The van der Waals surface area contributed by atoms with Gasteiger partial charge in [-0.05, 0) is 62.9 Å². The fraction of sp³-hybridized carbons (Fsp3) is 0.538. The molecule has 1 fully saturated rings. The molecule has 1 aromatic carbocycles. The highest BCUT2D eigenvalue weighted by molar-refractivity contribution is 7.99. The number of aromatic hydroxyl groups is 1. The summed E-state index contributed by atoms with van der Waals surface area (Å²) in [6, 6.07) is 8.26. The Hall–Kier alpha value is -0.670. The van der Waals surface area contributed by atoms with E-state index in [0.29, 0.717) is 5.75 Å². The van der Waals surface area contributed by atoms with E-state index in [4.69, 9.17) is 0 Å². The third-order valence-electron chi connectivity index (χ3n) is 3.23. The van der Waals surface area contributed by atoms with Crippen molar-refractivity contribution < 1.29 is 5.11 Å². The second-order valence-electron chi connectivity index (χ2n) is 4.41. The normalized spacial score (nSPS) is 21.4. The maximum absolute atomic E-state index is 9.17. The van der Waals surface area contributed by atoms with Crippen LogP contribution in [0.2, 0.25) is 0 Å². The van der Waals surface area contributed by atoms with E-state index in [1.54, 1.807) is 12.1 Å². The lowest BCUT2D eigenvalue weighted by molar-refractivity contribution is 0.305. The Morgan fingerprint density at radius 1 is 1.38 bits per heavy atom. The van der Waals surface area contributed by atoms with Gasteiger partial charge in [-0.25, -0.2) is 0 Å². The summed E-state index contributed by atoms with van der Waals surface area (Å²) in [5.41, 5.74) is 0. The molecule has 0 spiro atoms. The first-order chi connectivity index (χ1) is 7.75. The molecule has 16 heavy (non-hydrogen) atoms. The van der Waals surface area contributed by atoms with Crippen molar-refractivity contribution in [2.75, 3.05) is 19.3 Å². The number of rotatable bonds is 4. The molecule has 0 saturated carbocycles. The zero-order valence-electron chi connectivity index (χ0n) is 9.72. The van der Waals surface area contributed by atoms with Crippen LogP contribution in [-0.2, 0) is 0 Å². The lowest BCUT2D eigenvalue weighted by Gasteiger charge is -2.18. The van der Waals surface area contributed by atoms with Crippen LogP contribution in [0.25, 0.3) is 0 Å². The maximum atomic E-state index is 9.17. The molecular formula is C13H19NOS. The maximum Gasteiger partial charge on any atom is 0.115 e. The van der Waals surface area contributed by atoms with Crippen LogP contribution < -0.4 is 0 Å². The fourth-order valence-electron chi connectivity index (χ4n) is 2.20. The van der Waals surface area contributed by atoms with Gasteiger partial charge in [0.15, 0.2) is 0 Å². The molecule has 1 N–H and O–H groups in total. The summed E-state index contributed by atoms with van der Waals surface area (Å²) in [7, 11) is 2.23. The zero-order chi connectivity index (χ0) is 11.4. The smallest absolute Gasteiger partial charge is 0.115 e. The summed E-state index contributed by atoms with van der Waals surface area (Å²) in [6.07, 6.45) is 3.97. The van der Waals surface area contributed by atoms with Crippen LogP contribution in [0.1, 0.15) is 19.3 Å². The molecule has 0 amide bonds. The predicted octanol–water partition coefficient (Wildman–Crippen LogP) is 2.97. The van der Waals surface area contributed by atoms with Crippen molar-refractivity contribution in [3.8, 4) is 5.75 Å². The predicted molar refractivity (Wildman–Crippen MR) is 69.1 cm³/mol. The van der Waals surface area contributed by atoms with Gasteiger partial charge in [-0.3, -0.25) is 0 Å². The molecule has 1 heterocycles. The third-order valence-corrected chi connectivity index (χ3v) is 4.27. The molecule has 1 saturated heterocycles. The van der Waals surface area contributed by atoms with E-state index in [2.05, 4.69) is 11.9 Å². The first kappa shape index (κ1) is 11.8. The van der Waals surface area contributed by atoms with E-state index in [1.807, 2.05) is 23.9 Å². The lowest BCUT2D eigenvalue weighted by atomic mass is 10.2. The van der Waals surface area contributed by atoms with E-state index in [9.17, 15) is 5.11 Å². The van der Waals surface area contributed by atoms with E-state index in [1.165, 1.54) is 36.5 Å². The van der Waals surface area contributed by atoms with Crippen molar-refractivity contribution in [3.05, 3.63) is 24.3 Å². The molecule has 1 aromatic rings. The quantitative estimate of drug-likeness (QED) is 0.814. The summed E-state index contributed by atoms with van der Waals surface area (Å²) in [4.78, 5) is 3.72. The van der Waals surface area contributed by atoms with Crippen LogP contribution in [-0.4, -0.2) is 35.4 Å². The van der Waals surface area contributed by atoms with Gasteiger partial charge < -0.3 is 10.0 Å². The Morgan fingerprint density at radius 2 is 2.12 bits per heavy atom. The molecule has 2 nitrogen and oxygen atoms in total. The van der Waals surface area contributed by atoms with Crippen LogP contribution in [0.15, 0.2) is 29.2 Å². The molecule has 1 atom stereocenters. The Morgan fingerprint density at radius 3 is 2.75 bits per heavy atom. The number of hydrogen-bond donors (Lipinski definition) is 1. The molecule has 0 radical (unpaired) electrons. The minimum atomic E-state index is 0.347. The van der Waals surface area contributed by atoms with Gasteiger partial charge in [-0.15, -0.1) is 11.8 Å². The second-order valence-corrected chi connectivity index (χ2v) is 5.58. The van der Waals surface area contributed by atoms with Gasteiger partial charge in [0, 0.05) is 10.9 Å². The van der Waals surface area contributed by atoms with Crippen LogP contribution in [0, 0.1) is 0 Å². The van der Waals surface area contributed by atoms with Crippen molar-refractivity contribution in [2.24, 2.45) is 0 Å². The Labute approximate surface area is 102 Å². The van der Waals surface area contributed by atoms with Crippen molar-refractivity contribution in [2.45, 2.75) is 30.2 Å². The highest BCUT2D eigenvalue weighted by Gasteiger charge is 2.19. The second kappa shape index (κ2) is 5.60. The minimum absolute atomic E-state index is 0.347. The SMILES string of the molecule is CN1CCC[C@@H]1CCSc1ccc(O)cc1. The van der Waals surface area contributed by atoms with E-state index in [-0.39, 0.29) is 0 Å². The molecule has 0 aliphatic carbocycles. The molecule has 1 aliphatic rings. The molecule has 88 valence electrons. The highest BCUT2D eigenvalue weighted by atomic mass is 32.2. The van der Waals surface area contributed by atoms with Gasteiger partial charge in [-0.1, -0.05) is 0 Å². The minimum Gasteiger partial charge on any atom is -0.508 e. The standard InChI is InChI=1S/C13H19NOS/c1-14-9-2-3-11(14)8-10-16-13-6-4-12(15)5-7-13/h4-7,11,15H,2-3,8-10H2,1H3/t11-/m1/s1. The largest absolute Gasteiger partial charge is 0.508 e. The number of benzene rings is 1. The van der Waals surface area contributed by atoms with Crippen molar-refractivity contribution in [1.82, 2.24) is 4.90 Å². The van der Waals surface area contributed by atoms with E-state index >= 15 is 0 Å². The van der Waals surface area contributed by atoms with Crippen LogP contribution >= 0.6 is 11.8 Å². The molecule has 0 aromatic heterocycles. The summed E-state index contributed by atoms with van der Waals surface area (Å²) in [5, 5.41) is 9.17. The number of thioether (sulfide) groups is 1. The molecular weight excluding hydrogens is 218 g/mol. The Bertz CT molecular complexity index is 325. The molecule has 0 unspecified atom stereocenters. The number of likely N-dealkylation sites (tertiary alicyclic amines) is 1. The fourth-order valence-corrected chi connectivity index (χ4v) is 3.15. The van der Waals surface area contributed by atoms with E-state index < -0.39 is 0 Å². The van der Waals surface area contributed by atoms with Gasteiger partial charge in [0.2, 0.25) is 0 Å². The van der Waals surface area contributed by atoms with Gasteiger partial charge in [0.25, 0.3) is 0 Å². The van der Waals surface area contributed by atoms with Gasteiger partial charge in [0.05, 0.1) is 0 Å². The average Bonchev–Trinajstić information content (AvgIpc) is 2.68. The molecule has 1 aliphatic heterocycles. The van der Waals surface area contributed by atoms with E-state index in [0.717, 1.165) is 6.04 Å². The summed E-state index contributed by atoms with van der Waals surface area (Å²) >= 11 is 1.88. The van der Waals surface area contributed by atoms with Gasteiger partial charge >= 0.3 is 0 Å². The highest BCUT2D eigenvalue weighted by Crippen LogP contribution is 2.25. The van der Waals surface area contributed by atoms with Crippen LogP contribution in [0.3, 0.4) is 0 Å². The molecule has 3 heteroatoms. The monoisotopic (exact) mass is 237 g/mol. The third kappa shape index (κ3) is 3.16. The van der Waals surface area contributed by atoms with Crippen LogP contribution in [0.5, 0.6) is 5.75 Å². The van der Waals surface area contributed by atoms with Crippen LogP contribution in [0.4, 0.5) is 0 Å². The lowest BCUT2D eigenvalue weighted by Crippen LogP contribution is -2.25. The van der Waals surface area contributed by atoms with Crippen molar-refractivity contribution in [3.63, 3.8) is 0 Å².